The number of ether oxygens (including phenoxy) is 2. The van der Waals surface area contributed by atoms with Gasteiger partial charge < -0.3 is 9.47 Å². The number of benzene rings is 5. The molecule has 6 nitrogen and oxygen atoms in total. The van der Waals surface area contributed by atoms with Crippen LogP contribution < -0.4 is 0 Å². The van der Waals surface area contributed by atoms with Crippen molar-refractivity contribution in [3.8, 4) is 22.3 Å². The fraction of sp³-hybridized carbons (Fsp3) is 0.190. The Kier molecular flexibility index (Phi) is 6.22. The van der Waals surface area contributed by atoms with Crippen molar-refractivity contribution in [2.45, 2.75) is 38.8 Å². The summed E-state index contributed by atoms with van der Waals surface area (Å²) in [5.41, 5.74) is 5.37. The predicted molar refractivity (Wildman–Crippen MR) is 196 cm³/mol. The summed E-state index contributed by atoms with van der Waals surface area (Å²) in [7, 11) is 0. The summed E-state index contributed by atoms with van der Waals surface area (Å²) < 4.78 is 11.9. The summed E-state index contributed by atoms with van der Waals surface area (Å²) in [6.07, 6.45) is 3.94. The van der Waals surface area contributed by atoms with Crippen molar-refractivity contribution in [2.75, 3.05) is 13.2 Å². The average Bonchev–Trinajstić information content (AvgIpc) is 3.67. The molecule has 6 heteroatoms. The highest BCUT2D eigenvalue weighted by Gasteiger charge is 2.29. The number of rotatable bonds is 4. The lowest BCUT2D eigenvalue weighted by Crippen LogP contribution is -2.17. The highest BCUT2D eigenvalue weighted by Crippen LogP contribution is 2.49. The lowest BCUT2D eigenvalue weighted by atomic mass is 9.82. The van der Waals surface area contributed by atoms with Gasteiger partial charge in [0.15, 0.2) is 0 Å². The van der Waals surface area contributed by atoms with Crippen molar-refractivity contribution >= 4 is 54.9 Å². The van der Waals surface area contributed by atoms with Crippen molar-refractivity contribution < 1.29 is 9.47 Å². The van der Waals surface area contributed by atoms with E-state index in [1.807, 2.05) is 24.5 Å². The predicted octanol–water partition coefficient (Wildman–Crippen LogP) is 9.53. The highest BCUT2D eigenvalue weighted by atomic mass is 16.5. The fourth-order valence-electron chi connectivity index (χ4n) is 7.22. The van der Waals surface area contributed by atoms with E-state index in [0.29, 0.717) is 25.0 Å². The Hall–Kier alpha value is -5.62. The molecule has 0 fully saturated rings. The minimum absolute atomic E-state index is 0.251. The Morgan fingerprint density at radius 1 is 0.458 bits per heavy atom. The van der Waals surface area contributed by atoms with Gasteiger partial charge >= 0.3 is 0 Å². The van der Waals surface area contributed by atoms with E-state index in [-0.39, 0.29) is 11.1 Å². The van der Waals surface area contributed by atoms with Gasteiger partial charge in [0, 0.05) is 23.5 Å². The summed E-state index contributed by atoms with van der Waals surface area (Å²) in [5, 5.41) is 9.52. The molecule has 5 aromatic carbocycles. The van der Waals surface area contributed by atoms with Gasteiger partial charge in [-0.1, -0.05) is 84.9 Å². The highest BCUT2D eigenvalue weighted by molar-refractivity contribution is 6.36. The molecule has 0 N–H and O–H groups in total. The van der Waals surface area contributed by atoms with Gasteiger partial charge in [0.25, 0.3) is 0 Å². The summed E-state index contributed by atoms with van der Waals surface area (Å²) in [6, 6.07) is 34.5. The normalized spacial score (nSPS) is 16.7. The number of hydrogen-bond donors (Lipinski definition) is 0. The molecule has 2 aliphatic rings. The van der Waals surface area contributed by atoms with Crippen LogP contribution in [0, 0.1) is 0 Å². The molecule has 0 spiro atoms. The van der Waals surface area contributed by atoms with Crippen LogP contribution in [0.2, 0.25) is 0 Å². The van der Waals surface area contributed by atoms with Gasteiger partial charge in [-0.25, -0.2) is 9.98 Å². The molecule has 0 unspecified atom stereocenters. The average molecular weight is 627 g/mol. The van der Waals surface area contributed by atoms with Gasteiger partial charge in [0.05, 0.1) is 11.1 Å². The molecule has 0 radical (unpaired) electrons. The zero-order valence-electron chi connectivity index (χ0n) is 27.4. The first-order valence-electron chi connectivity index (χ1n) is 16.4. The SMILES string of the molecule is CC1(C)COC(c2ccc(-c3c4ccccc4c(-c4ccc(C5=NC(C)(C)CO5)nc4)c4c5ccccc5c5ccccc5c34)cn2)=N1. The largest absolute Gasteiger partial charge is 0.474 e. The van der Waals surface area contributed by atoms with E-state index >= 15 is 0 Å². The Bertz CT molecular complexity index is 2320. The number of nitrogens with zero attached hydrogens (tertiary/aromatic N) is 4. The van der Waals surface area contributed by atoms with E-state index in [1.54, 1.807) is 0 Å². The van der Waals surface area contributed by atoms with Crippen molar-refractivity contribution in [2.24, 2.45) is 9.98 Å². The van der Waals surface area contributed by atoms with Crippen LogP contribution in [-0.4, -0.2) is 46.1 Å². The van der Waals surface area contributed by atoms with Crippen LogP contribution in [0.3, 0.4) is 0 Å². The Morgan fingerprint density at radius 3 is 1.17 bits per heavy atom. The van der Waals surface area contributed by atoms with Crippen LogP contribution in [0.25, 0.3) is 65.3 Å². The van der Waals surface area contributed by atoms with E-state index in [1.165, 1.54) is 32.3 Å². The van der Waals surface area contributed by atoms with Crippen LogP contribution in [0.5, 0.6) is 0 Å². The number of fused-ring (bicyclic) bond motifs is 7. The van der Waals surface area contributed by atoms with Crippen molar-refractivity contribution in [3.05, 3.63) is 121 Å². The maximum absolute atomic E-state index is 5.93. The van der Waals surface area contributed by atoms with Crippen LogP contribution in [0.1, 0.15) is 39.1 Å². The van der Waals surface area contributed by atoms with Crippen molar-refractivity contribution in [1.82, 2.24) is 9.97 Å². The summed E-state index contributed by atoms with van der Waals surface area (Å²) in [6.45, 7) is 9.40. The number of pyridine rings is 2. The molecule has 48 heavy (non-hydrogen) atoms. The first-order valence-corrected chi connectivity index (χ1v) is 16.4. The molecule has 9 rings (SSSR count). The van der Waals surface area contributed by atoms with Gasteiger partial charge in [-0.3, -0.25) is 9.97 Å². The zero-order valence-corrected chi connectivity index (χ0v) is 27.4. The molecule has 0 aliphatic carbocycles. The minimum Gasteiger partial charge on any atom is -0.474 e. The van der Waals surface area contributed by atoms with Crippen molar-refractivity contribution in [1.29, 1.82) is 0 Å². The van der Waals surface area contributed by atoms with Crippen molar-refractivity contribution in [3.63, 3.8) is 0 Å². The first kappa shape index (κ1) is 28.6. The second kappa shape index (κ2) is 10.4. The lowest BCUT2D eigenvalue weighted by molar-refractivity contribution is 0.279. The van der Waals surface area contributed by atoms with E-state index in [4.69, 9.17) is 29.4 Å². The van der Waals surface area contributed by atoms with E-state index in [0.717, 1.165) is 44.4 Å². The molecule has 234 valence electrons. The quantitative estimate of drug-likeness (QED) is 0.144. The third kappa shape index (κ3) is 4.54. The van der Waals surface area contributed by atoms with Gasteiger partial charge in [-0.05, 0) is 94.0 Å². The number of aromatic nitrogens is 2. The zero-order chi connectivity index (χ0) is 32.6. The Morgan fingerprint density at radius 2 is 0.833 bits per heavy atom. The van der Waals surface area contributed by atoms with Crippen LogP contribution in [0.15, 0.2) is 119 Å². The molecular formula is C42H34N4O2. The maximum Gasteiger partial charge on any atom is 0.236 e. The van der Waals surface area contributed by atoms with E-state index in [2.05, 4.69) is 113 Å². The Labute approximate surface area is 278 Å². The summed E-state index contributed by atoms with van der Waals surface area (Å²) in [5.74, 6) is 1.20. The lowest BCUT2D eigenvalue weighted by Gasteiger charge is -2.21. The molecule has 2 aromatic heterocycles. The van der Waals surface area contributed by atoms with E-state index < -0.39 is 0 Å². The third-order valence-electron chi connectivity index (χ3n) is 9.37. The molecular weight excluding hydrogens is 592 g/mol. The van der Waals surface area contributed by atoms with Gasteiger partial charge in [0.2, 0.25) is 11.8 Å². The van der Waals surface area contributed by atoms with Crippen LogP contribution in [-0.2, 0) is 9.47 Å². The van der Waals surface area contributed by atoms with E-state index in [9.17, 15) is 0 Å². The second-order valence-corrected chi connectivity index (χ2v) is 14.0. The molecule has 0 atom stereocenters. The molecule has 4 heterocycles. The van der Waals surface area contributed by atoms with Gasteiger partial charge in [-0.15, -0.1) is 0 Å². The summed E-state index contributed by atoms with van der Waals surface area (Å²) >= 11 is 0. The van der Waals surface area contributed by atoms with Crippen LogP contribution >= 0.6 is 0 Å². The monoisotopic (exact) mass is 626 g/mol. The molecule has 0 bridgehead atoms. The molecule has 2 aliphatic heterocycles. The molecule has 0 saturated heterocycles. The van der Waals surface area contributed by atoms with Gasteiger partial charge in [-0.2, -0.15) is 0 Å². The molecule has 0 amide bonds. The molecule has 0 saturated carbocycles. The van der Waals surface area contributed by atoms with Crippen LogP contribution in [0.4, 0.5) is 0 Å². The number of hydrogen-bond acceptors (Lipinski definition) is 6. The third-order valence-corrected chi connectivity index (χ3v) is 9.37. The van der Waals surface area contributed by atoms with Gasteiger partial charge in [0.1, 0.15) is 24.6 Å². The molecule has 7 aromatic rings. The standard InChI is InChI=1S/C42H34N4O2/c1-41(2)23-47-39(45-41)33-19-17-25(21-43-33)35-31-15-9-10-16-32(31)36(26-18-20-34(44-22-26)40-46-42(3,4)24-48-40)38-30-14-8-6-12-28(30)27-11-5-7-13-29(27)37(35)38/h5-22H,23-24H2,1-4H3. The fourth-order valence-corrected chi connectivity index (χ4v) is 7.22. The minimum atomic E-state index is -0.251. The Balaban J connectivity index is 1.37. The number of aliphatic imine (C=N–C) groups is 2. The summed E-state index contributed by atoms with van der Waals surface area (Å²) in [4.78, 5) is 19.3. The smallest absolute Gasteiger partial charge is 0.236 e. The maximum atomic E-state index is 5.93. The first-order chi connectivity index (χ1) is 23.3. The second-order valence-electron chi connectivity index (χ2n) is 14.0. The topological polar surface area (TPSA) is 69.0 Å².